The van der Waals surface area contributed by atoms with Gasteiger partial charge in [0.15, 0.2) is 15.2 Å². The number of aliphatic hydroxyl groups excluding tert-OH is 6. The van der Waals surface area contributed by atoms with Crippen LogP contribution in [0.25, 0.3) is 0 Å². The van der Waals surface area contributed by atoms with Crippen LogP contribution in [0.1, 0.15) is 183 Å². The molecule has 3 unspecified atom stereocenters. The van der Waals surface area contributed by atoms with Gasteiger partial charge in [-0.25, -0.2) is 0 Å². The van der Waals surface area contributed by atoms with Gasteiger partial charge in [0.1, 0.15) is 18.3 Å². The number of unbranched alkanes of at least 4 members (excludes halogenated alkanes) is 11. The summed E-state index contributed by atoms with van der Waals surface area (Å²) in [6, 6.07) is 0. The first-order valence-electron chi connectivity index (χ1n) is 19.0. The van der Waals surface area contributed by atoms with Gasteiger partial charge in [0.25, 0.3) is 0 Å². The molecule has 0 aromatic rings. The predicted octanol–water partition coefficient (Wildman–Crippen LogP) is 11.2. The molecule has 10 heteroatoms. The number of aliphatic hydroxyl groups is 6. The predicted molar refractivity (Wildman–Crippen MR) is 223 cm³/mol. The Labute approximate surface area is 326 Å². The normalized spacial score (nSPS) is 12.6. The molecule has 0 spiro atoms. The molecule has 0 rings (SSSR count). The molecular weight excluding hydrogens is 767 g/mol. The van der Waals surface area contributed by atoms with Crippen LogP contribution >= 0.6 is 36.7 Å². The summed E-state index contributed by atoms with van der Waals surface area (Å²) in [5, 5.41) is 52.9. The Balaban J connectivity index is -0.000000271. The molecule has 0 aliphatic rings. The number of hydrogen-bond acceptors (Lipinski definition) is 6. The molecule has 0 heterocycles. The molecule has 0 bridgehead atoms. The zero-order chi connectivity index (χ0) is 37.8. The molecular formula is C38H78O6S3Sn. The fourth-order valence-electron chi connectivity index (χ4n) is 4.50. The fourth-order valence-corrected chi connectivity index (χ4v) is 5.67. The van der Waals surface area contributed by atoms with Gasteiger partial charge in [0.2, 0.25) is 0 Å². The van der Waals surface area contributed by atoms with Crippen LogP contribution in [0.5, 0.6) is 0 Å². The van der Waals surface area contributed by atoms with Crippen molar-refractivity contribution in [2.24, 2.45) is 17.8 Å². The summed E-state index contributed by atoms with van der Waals surface area (Å²) in [6.45, 7) is 15.5. The fraction of sp³-hybridized carbons (Fsp3) is 0.921. The van der Waals surface area contributed by atoms with Crippen molar-refractivity contribution in [3.8, 4) is 0 Å². The van der Waals surface area contributed by atoms with E-state index in [2.05, 4.69) is 85.1 Å². The molecule has 2 radical (unpaired) electrons. The van der Waals surface area contributed by atoms with Crippen molar-refractivity contribution in [1.82, 2.24) is 0 Å². The van der Waals surface area contributed by atoms with Gasteiger partial charge in [-0.2, -0.15) is 0 Å². The minimum absolute atomic E-state index is 0.274. The van der Waals surface area contributed by atoms with E-state index < -0.39 is 18.3 Å². The van der Waals surface area contributed by atoms with Gasteiger partial charge in [0, 0.05) is 0 Å². The number of rotatable bonds is 27. The first kappa shape index (κ1) is 55.1. The zero-order valence-electron chi connectivity index (χ0n) is 32.0. The van der Waals surface area contributed by atoms with Crippen molar-refractivity contribution in [3.05, 3.63) is 0 Å². The second-order valence-electron chi connectivity index (χ2n) is 14.2. The first-order chi connectivity index (χ1) is 22.5. The van der Waals surface area contributed by atoms with E-state index in [0.29, 0.717) is 19.3 Å². The average molecular weight is 846 g/mol. The zero-order valence-corrected chi connectivity index (χ0v) is 37.8. The van der Waals surface area contributed by atoms with Gasteiger partial charge in [-0.05, 0) is 73.7 Å². The summed E-state index contributed by atoms with van der Waals surface area (Å²) in [7, 11) is 0. The van der Waals surface area contributed by atoms with E-state index in [-0.39, 0.29) is 15.2 Å². The molecule has 288 valence electrons. The van der Waals surface area contributed by atoms with E-state index in [1.165, 1.54) is 104 Å². The second kappa shape index (κ2) is 41.8. The van der Waals surface area contributed by atoms with Crippen LogP contribution in [0.15, 0.2) is 0 Å². The standard InChI is InChI=1S/3C10H20O2S.C8H17.Sn.H/c3*1-8(2)6-4-3-5-7-9(11)10(12)13;1-3-5-7-8-6-4-2;;/h3*8-9,11H,3-7H2,1-2H3,(H,12,13);1,3-8H2,2H3;;. The molecule has 0 aliphatic carbocycles. The van der Waals surface area contributed by atoms with E-state index in [9.17, 15) is 0 Å². The molecule has 0 amide bonds. The van der Waals surface area contributed by atoms with E-state index >= 15 is 0 Å². The van der Waals surface area contributed by atoms with Crippen LogP contribution in [-0.4, -0.2) is 86.6 Å². The van der Waals surface area contributed by atoms with Crippen molar-refractivity contribution in [2.75, 3.05) is 0 Å². The molecule has 48 heavy (non-hydrogen) atoms. The SMILES string of the molecule is CC(C)CCCCCC(O)C(O)=S.CC(C)CCCCCC(O)C(O)=S.CC(C)CCCCCC(O)C(O)=S.CCCCCCC[CH2][SnH]. The van der Waals surface area contributed by atoms with Gasteiger partial charge < -0.3 is 30.6 Å². The molecule has 6 nitrogen and oxygen atoms in total. The summed E-state index contributed by atoms with van der Waals surface area (Å²) >= 11 is 14.8. The molecule has 0 fully saturated rings. The van der Waals surface area contributed by atoms with Gasteiger partial charge in [-0.1, -0.05) is 119 Å². The third kappa shape index (κ3) is 53.1. The average Bonchev–Trinajstić information content (AvgIpc) is 3.00. The Morgan fingerprint density at radius 3 is 0.875 bits per heavy atom. The Hall–Kier alpha value is 0.349. The molecule has 0 saturated heterocycles. The second-order valence-corrected chi connectivity index (χ2v) is 17.1. The third-order valence-corrected chi connectivity index (χ3v) is 9.67. The first-order valence-corrected chi connectivity index (χ1v) is 22.5. The van der Waals surface area contributed by atoms with E-state index in [1.54, 1.807) is 0 Å². The summed E-state index contributed by atoms with van der Waals surface area (Å²) < 4.78 is 1.50. The van der Waals surface area contributed by atoms with Crippen LogP contribution in [0.3, 0.4) is 0 Å². The Morgan fingerprint density at radius 1 is 0.417 bits per heavy atom. The molecule has 0 saturated carbocycles. The van der Waals surface area contributed by atoms with Crippen LogP contribution < -0.4 is 0 Å². The van der Waals surface area contributed by atoms with Crippen molar-refractivity contribution in [1.29, 1.82) is 0 Å². The van der Waals surface area contributed by atoms with E-state index in [1.807, 2.05) is 0 Å². The maximum absolute atomic E-state index is 9.14. The summed E-state index contributed by atoms with van der Waals surface area (Å²) in [6.07, 6.45) is 21.6. The molecule has 0 aromatic heterocycles. The topological polar surface area (TPSA) is 121 Å². The molecule has 3 atom stereocenters. The van der Waals surface area contributed by atoms with Crippen molar-refractivity contribution < 1.29 is 30.6 Å². The molecule has 6 N–H and O–H groups in total. The number of hydrogen-bond donors (Lipinski definition) is 6. The van der Waals surface area contributed by atoms with Gasteiger partial charge in [0.05, 0.1) is 0 Å². The monoisotopic (exact) mass is 846 g/mol. The van der Waals surface area contributed by atoms with Crippen LogP contribution in [0, 0.1) is 17.8 Å². The summed E-state index contributed by atoms with van der Waals surface area (Å²) in [5.74, 6) is 2.26. The summed E-state index contributed by atoms with van der Waals surface area (Å²) in [5.41, 5.74) is 0. The summed E-state index contributed by atoms with van der Waals surface area (Å²) in [4.78, 5) is 0. The maximum atomic E-state index is 9.14. The van der Waals surface area contributed by atoms with Crippen LogP contribution in [0.2, 0.25) is 4.44 Å². The van der Waals surface area contributed by atoms with Crippen LogP contribution in [-0.2, 0) is 0 Å². The Morgan fingerprint density at radius 2 is 0.646 bits per heavy atom. The van der Waals surface area contributed by atoms with Crippen molar-refractivity contribution in [2.45, 2.75) is 206 Å². The molecule has 0 aromatic carbocycles. The van der Waals surface area contributed by atoms with Gasteiger partial charge in [-0.15, -0.1) is 0 Å². The molecule has 0 aliphatic heterocycles. The Bertz CT molecular complexity index is 623. The van der Waals surface area contributed by atoms with E-state index in [0.717, 1.165) is 56.3 Å². The van der Waals surface area contributed by atoms with Crippen molar-refractivity contribution in [3.63, 3.8) is 0 Å². The van der Waals surface area contributed by atoms with Crippen LogP contribution in [0.4, 0.5) is 0 Å². The Kier molecular flexibility index (Phi) is 48.0. The number of thiocarbonyl (C=S) groups is 3. The van der Waals surface area contributed by atoms with Crippen molar-refractivity contribution >= 4 is 74.3 Å². The van der Waals surface area contributed by atoms with Gasteiger partial charge in [-0.3, -0.25) is 0 Å². The van der Waals surface area contributed by atoms with Gasteiger partial charge >= 0.3 is 72.4 Å². The minimum atomic E-state index is -0.797. The van der Waals surface area contributed by atoms with E-state index in [4.69, 9.17) is 30.6 Å². The quantitative estimate of drug-likeness (QED) is 0.0273. The third-order valence-electron chi connectivity index (χ3n) is 7.69.